The van der Waals surface area contributed by atoms with Crippen LogP contribution in [0.1, 0.15) is 28.3 Å². The predicted octanol–water partition coefficient (Wildman–Crippen LogP) is 3.95. The highest BCUT2D eigenvalue weighted by Crippen LogP contribution is 2.19. The lowest BCUT2D eigenvalue weighted by Crippen LogP contribution is -2.29. The molecular weight excluding hydrogens is 414 g/mol. The van der Waals surface area contributed by atoms with E-state index in [1.807, 2.05) is 6.07 Å². The zero-order chi connectivity index (χ0) is 22.7. The predicted molar refractivity (Wildman–Crippen MR) is 115 cm³/mol. The summed E-state index contributed by atoms with van der Waals surface area (Å²) < 4.78 is 28.1. The van der Waals surface area contributed by atoms with Gasteiger partial charge in [-0.2, -0.15) is 5.10 Å². The highest BCUT2D eigenvalue weighted by molar-refractivity contribution is 5.93. The van der Waals surface area contributed by atoms with Crippen LogP contribution in [0, 0.1) is 18.6 Å². The van der Waals surface area contributed by atoms with Gasteiger partial charge in [-0.15, -0.1) is 5.10 Å². The molecule has 4 rings (SSSR count). The Balaban J connectivity index is 1.35. The van der Waals surface area contributed by atoms with Crippen molar-refractivity contribution in [3.8, 4) is 16.9 Å². The van der Waals surface area contributed by atoms with Gasteiger partial charge in [-0.25, -0.2) is 13.5 Å². The molecule has 2 aromatic heterocycles. The van der Waals surface area contributed by atoms with Crippen LogP contribution in [0.5, 0.6) is 0 Å². The fourth-order valence-corrected chi connectivity index (χ4v) is 3.43. The molecule has 4 aromatic rings. The normalized spacial score (nSPS) is 11.0. The minimum Gasteiger partial charge on any atom is -0.340 e. The molecule has 0 saturated heterocycles. The molecule has 0 saturated carbocycles. The first-order valence-electron chi connectivity index (χ1n) is 10.2. The fraction of sp³-hybridized carbons (Fsp3) is 0.217. The van der Waals surface area contributed by atoms with Crippen molar-refractivity contribution in [3.05, 3.63) is 83.3 Å². The zero-order valence-corrected chi connectivity index (χ0v) is 17.7. The van der Waals surface area contributed by atoms with Crippen molar-refractivity contribution in [2.75, 3.05) is 13.6 Å². The summed E-state index contributed by atoms with van der Waals surface area (Å²) in [5.74, 6) is -0.886. The summed E-state index contributed by atoms with van der Waals surface area (Å²) in [4.78, 5) is 14.4. The third-order valence-electron chi connectivity index (χ3n) is 5.21. The van der Waals surface area contributed by atoms with Crippen molar-refractivity contribution in [2.24, 2.45) is 0 Å². The minimum atomic E-state index is -0.345. The van der Waals surface area contributed by atoms with Gasteiger partial charge in [0.25, 0.3) is 5.91 Å². The Hall–Kier alpha value is -3.88. The van der Waals surface area contributed by atoms with E-state index in [1.165, 1.54) is 28.9 Å². The van der Waals surface area contributed by atoms with Gasteiger partial charge in [0.05, 0.1) is 17.1 Å². The molecule has 1 amide bonds. The monoisotopic (exact) mass is 436 g/mol. The van der Waals surface area contributed by atoms with Crippen LogP contribution >= 0.6 is 0 Å². The number of aromatic amines is 1. The number of hydrogen-bond acceptors (Lipinski definition) is 4. The quantitative estimate of drug-likeness (QED) is 0.476. The molecule has 2 aromatic carbocycles. The summed E-state index contributed by atoms with van der Waals surface area (Å²) in [6.45, 7) is 2.26. The largest absolute Gasteiger partial charge is 0.340 e. The lowest BCUT2D eigenvalue weighted by atomic mass is 10.1. The topological polar surface area (TPSA) is 79.7 Å². The van der Waals surface area contributed by atoms with Gasteiger partial charge in [0.2, 0.25) is 0 Å². The summed E-state index contributed by atoms with van der Waals surface area (Å²) in [5, 5.41) is 15.3. The molecule has 2 heterocycles. The second kappa shape index (κ2) is 9.09. The van der Waals surface area contributed by atoms with Gasteiger partial charge in [0, 0.05) is 24.8 Å². The molecule has 0 atom stereocenters. The molecule has 0 bridgehead atoms. The molecule has 32 heavy (non-hydrogen) atoms. The summed E-state index contributed by atoms with van der Waals surface area (Å²) in [7, 11) is 1.71. The first kappa shape index (κ1) is 21.4. The Kier molecular flexibility index (Phi) is 6.07. The molecule has 1 N–H and O–H groups in total. The smallest absolute Gasteiger partial charge is 0.276 e. The van der Waals surface area contributed by atoms with E-state index in [-0.39, 0.29) is 23.2 Å². The van der Waals surface area contributed by atoms with Crippen LogP contribution in [-0.2, 0) is 6.42 Å². The van der Waals surface area contributed by atoms with Crippen molar-refractivity contribution >= 4 is 5.91 Å². The van der Waals surface area contributed by atoms with Crippen LogP contribution in [0.15, 0.2) is 54.6 Å². The second-order valence-electron chi connectivity index (χ2n) is 7.53. The summed E-state index contributed by atoms with van der Waals surface area (Å²) in [5.41, 5.74) is 3.76. The van der Waals surface area contributed by atoms with Crippen LogP contribution in [0.3, 0.4) is 0 Å². The van der Waals surface area contributed by atoms with Crippen molar-refractivity contribution in [3.63, 3.8) is 0 Å². The third kappa shape index (κ3) is 4.56. The minimum absolute atomic E-state index is 0.235. The number of aromatic nitrogens is 5. The van der Waals surface area contributed by atoms with Gasteiger partial charge >= 0.3 is 0 Å². The van der Waals surface area contributed by atoms with Gasteiger partial charge in [0.1, 0.15) is 11.6 Å². The maximum atomic E-state index is 13.4. The van der Waals surface area contributed by atoms with E-state index in [4.69, 9.17) is 0 Å². The van der Waals surface area contributed by atoms with Gasteiger partial charge in [-0.05, 0) is 62.2 Å². The number of carbonyl (C=O) groups is 1. The number of nitrogens with zero attached hydrogens (tertiary/aromatic N) is 5. The number of halogens is 2. The number of aryl methyl sites for hydroxylation is 1. The van der Waals surface area contributed by atoms with E-state index < -0.39 is 0 Å². The molecule has 164 valence electrons. The first-order chi connectivity index (χ1) is 15.4. The number of benzene rings is 2. The Morgan fingerprint density at radius 1 is 1.09 bits per heavy atom. The molecule has 7 nitrogen and oxygen atoms in total. The van der Waals surface area contributed by atoms with Gasteiger partial charge in [-0.1, -0.05) is 17.3 Å². The van der Waals surface area contributed by atoms with E-state index in [0.29, 0.717) is 42.0 Å². The Morgan fingerprint density at radius 3 is 2.62 bits per heavy atom. The van der Waals surface area contributed by atoms with Crippen LogP contribution in [-0.4, -0.2) is 49.6 Å². The van der Waals surface area contributed by atoms with Crippen LogP contribution in [0.2, 0.25) is 0 Å². The highest BCUT2D eigenvalue weighted by atomic mass is 19.1. The number of rotatable bonds is 7. The summed E-state index contributed by atoms with van der Waals surface area (Å²) >= 11 is 0. The Morgan fingerprint density at radius 2 is 1.88 bits per heavy atom. The maximum absolute atomic E-state index is 13.4. The molecule has 0 spiro atoms. The Labute approximate surface area is 183 Å². The number of H-pyrrole nitrogens is 1. The number of nitrogens with one attached hydrogen (secondary N) is 1. The number of carbonyl (C=O) groups excluding carboxylic acids is 1. The van der Waals surface area contributed by atoms with E-state index in [1.54, 1.807) is 43.1 Å². The Bertz CT molecular complexity index is 1230. The highest BCUT2D eigenvalue weighted by Gasteiger charge is 2.20. The lowest BCUT2D eigenvalue weighted by Gasteiger charge is -2.15. The molecule has 9 heteroatoms. The van der Waals surface area contributed by atoms with E-state index in [9.17, 15) is 13.6 Å². The number of amides is 1. The van der Waals surface area contributed by atoms with Crippen molar-refractivity contribution in [2.45, 2.75) is 19.8 Å². The molecule has 0 aliphatic heterocycles. The third-order valence-corrected chi connectivity index (χ3v) is 5.21. The van der Waals surface area contributed by atoms with E-state index in [2.05, 4.69) is 20.5 Å². The molecule has 0 unspecified atom stereocenters. The lowest BCUT2D eigenvalue weighted by molar-refractivity contribution is 0.0787. The average Bonchev–Trinajstić information content (AvgIpc) is 3.41. The molecular formula is C23H22F2N6O. The van der Waals surface area contributed by atoms with Gasteiger partial charge < -0.3 is 4.90 Å². The standard InChI is InChI=1S/C23H22F2N6O/c1-15-22(28-29-31(15)20-10-8-17(24)9-11-20)23(32)30(2)12-4-7-19-14-21(27-26-19)16-5-3-6-18(25)13-16/h3,5-6,8-11,13-14H,4,7,12H2,1-2H3,(H,26,27). The van der Waals surface area contributed by atoms with E-state index in [0.717, 1.165) is 5.69 Å². The number of hydrogen-bond donors (Lipinski definition) is 1. The SMILES string of the molecule is Cc1c(C(=O)N(C)CCCc2cc(-c3cccc(F)c3)n[nH]2)nnn1-c1ccc(F)cc1. The molecule has 0 fully saturated rings. The molecule has 0 radical (unpaired) electrons. The van der Waals surface area contributed by atoms with Crippen molar-refractivity contribution in [1.29, 1.82) is 0 Å². The maximum Gasteiger partial charge on any atom is 0.276 e. The van der Waals surface area contributed by atoms with Crippen LogP contribution in [0.4, 0.5) is 8.78 Å². The average molecular weight is 436 g/mol. The second-order valence-corrected chi connectivity index (χ2v) is 7.53. The van der Waals surface area contributed by atoms with Gasteiger partial charge in [0.15, 0.2) is 5.69 Å². The zero-order valence-electron chi connectivity index (χ0n) is 17.7. The fourth-order valence-electron chi connectivity index (χ4n) is 3.43. The van der Waals surface area contributed by atoms with E-state index >= 15 is 0 Å². The van der Waals surface area contributed by atoms with Gasteiger partial charge in [-0.3, -0.25) is 9.89 Å². The van der Waals surface area contributed by atoms with Crippen LogP contribution in [0.25, 0.3) is 16.9 Å². The van der Waals surface area contributed by atoms with Crippen LogP contribution < -0.4 is 0 Å². The summed E-state index contributed by atoms with van der Waals surface area (Å²) in [6.07, 6.45) is 1.39. The first-order valence-corrected chi connectivity index (χ1v) is 10.2. The molecule has 0 aliphatic rings. The van der Waals surface area contributed by atoms with Crippen molar-refractivity contribution in [1.82, 2.24) is 30.1 Å². The molecule has 0 aliphatic carbocycles. The summed E-state index contributed by atoms with van der Waals surface area (Å²) in [6, 6.07) is 14.0. The van der Waals surface area contributed by atoms with Crippen molar-refractivity contribution < 1.29 is 13.6 Å².